The van der Waals surface area contributed by atoms with Gasteiger partial charge in [-0.05, 0) is 49.4 Å². The van der Waals surface area contributed by atoms with E-state index in [4.69, 9.17) is 16.6 Å². The Morgan fingerprint density at radius 2 is 1.57 bits per heavy atom. The van der Waals surface area contributed by atoms with Crippen molar-refractivity contribution < 1.29 is 31.4 Å². The molecule has 262 valence electrons. The van der Waals surface area contributed by atoms with E-state index in [-0.39, 0.29) is 42.8 Å². The molecule has 2 aliphatic heterocycles. The van der Waals surface area contributed by atoms with Crippen molar-refractivity contribution >= 4 is 29.3 Å². The zero-order valence-corrected chi connectivity index (χ0v) is 27.4. The van der Waals surface area contributed by atoms with Crippen molar-refractivity contribution in [2.45, 2.75) is 69.7 Å². The number of anilines is 3. The average Bonchev–Trinajstić information content (AvgIpc) is 3.70. The summed E-state index contributed by atoms with van der Waals surface area (Å²) in [6, 6.07) is 1.02. The highest BCUT2D eigenvalue weighted by atomic mass is 35.5. The molecule has 1 aromatic carbocycles. The SMILES string of the molecule is CCC1C[C@H](N(Cc2cc(C(F)(F)F)cc(C(F)(F)F)c2)c2ncc(-c3cnn(C)c3)cn2)CN1c1nc(N2CCC(O)CC2)ncc1Cl. The van der Waals surface area contributed by atoms with Crippen LogP contribution in [0.5, 0.6) is 0 Å². The molecule has 2 atom stereocenters. The first kappa shape index (κ1) is 34.7. The number of hydrogen-bond acceptors (Lipinski definition) is 9. The van der Waals surface area contributed by atoms with E-state index in [2.05, 4.69) is 20.1 Å². The Bertz CT molecular complexity index is 1730. The molecule has 1 N–H and O–H groups in total. The predicted molar refractivity (Wildman–Crippen MR) is 171 cm³/mol. The third-order valence-corrected chi connectivity index (χ3v) is 9.24. The first-order chi connectivity index (χ1) is 23.2. The van der Waals surface area contributed by atoms with Gasteiger partial charge in [-0.25, -0.2) is 15.0 Å². The molecule has 10 nitrogen and oxygen atoms in total. The quantitative estimate of drug-likeness (QED) is 0.209. The summed E-state index contributed by atoms with van der Waals surface area (Å²) in [5.41, 5.74) is -1.60. The number of benzene rings is 1. The second kappa shape index (κ2) is 13.6. The lowest BCUT2D eigenvalue weighted by Crippen LogP contribution is -2.39. The van der Waals surface area contributed by atoms with Gasteiger partial charge in [0.25, 0.3) is 0 Å². The third-order valence-electron chi connectivity index (χ3n) is 8.97. The lowest BCUT2D eigenvalue weighted by molar-refractivity contribution is -0.143. The van der Waals surface area contributed by atoms with E-state index in [1.807, 2.05) is 16.7 Å². The molecule has 2 saturated heterocycles. The lowest BCUT2D eigenvalue weighted by atomic mass is 10.0. The van der Waals surface area contributed by atoms with E-state index >= 15 is 0 Å². The van der Waals surface area contributed by atoms with E-state index in [1.165, 1.54) is 6.20 Å². The summed E-state index contributed by atoms with van der Waals surface area (Å²) in [7, 11) is 1.75. The highest BCUT2D eigenvalue weighted by Crippen LogP contribution is 2.39. The molecule has 5 heterocycles. The molecule has 0 radical (unpaired) electrons. The van der Waals surface area contributed by atoms with Crippen LogP contribution in [0.1, 0.15) is 49.3 Å². The number of alkyl halides is 6. The van der Waals surface area contributed by atoms with Crippen LogP contribution in [0.25, 0.3) is 11.1 Å². The standard InChI is InChI=1S/C32H34ClF6N9O/c1-3-24-11-25(18-47(24)28-27(33)15-42-30(44-28)46-6-4-26(49)5-7-46)48(29-40-12-20(13-41-29)21-14-43-45(2)17-21)16-19-8-22(31(34,35)36)10-23(9-19)32(37,38)39/h8-10,12-15,17,24-26,49H,3-7,11,16,18H2,1-2H3/t24?,25-/m0/s1. The van der Waals surface area contributed by atoms with E-state index in [1.54, 1.807) is 41.4 Å². The van der Waals surface area contributed by atoms with Crippen LogP contribution in [-0.2, 0) is 25.9 Å². The summed E-state index contributed by atoms with van der Waals surface area (Å²) in [5.74, 6) is 1.07. The molecule has 2 aliphatic rings. The van der Waals surface area contributed by atoms with Crippen LogP contribution in [0.3, 0.4) is 0 Å². The third kappa shape index (κ3) is 7.69. The van der Waals surface area contributed by atoms with Gasteiger partial charge in [0.15, 0.2) is 5.82 Å². The number of aliphatic hydroxyl groups is 1. The first-order valence-electron chi connectivity index (χ1n) is 15.8. The maximum atomic E-state index is 13.8. The normalized spacial score (nSPS) is 19.1. The number of aliphatic hydroxyl groups excluding tert-OH is 1. The second-order valence-electron chi connectivity index (χ2n) is 12.4. The monoisotopic (exact) mass is 709 g/mol. The number of halogens is 7. The molecule has 2 fully saturated rings. The summed E-state index contributed by atoms with van der Waals surface area (Å²) >= 11 is 6.65. The van der Waals surface area contributed by atoms with Crippen molar-refractivity contribution in [2.24, 2.45) is 7.05 Å². The second-order valence-corrected chi connectivity index (χ2v) is 12.8. The van der Waals surface area contributed by atoms with Gasteiger partial charge in [0.1, 0.15) is 5.02 Å². The fourth-order valence-corrected chi connectivity index (χ4v) is 6.59. The number of piperidine rings is 1. The summed E-state index contributed by atoms with van der Waals surface area (Å²) in [6.07, 6.45) is -0.0869. The van der Waals surface area contributed by atoms with E-state index in [0.29, 0.717) is 61.1 Å². The molecule has 4 aromatic rings. The Morgan fingerprint density at radius 1 is 0.918 bits per heavy atom. The minimum Gasteiger partial charge on any atom is -0.393 e. The largest absolute Gasteiger partial charge is 0.416 e. The molecule has 6 rings (SSSR count). The molecular formula is C32H34ClF6N9O. The van der Waals surface area contributed by atoms with Gasteiger partial charge < -0.3 is 19.8 Å². The van der Waals surface area contributed by atoms with Gasteiger partial charge in [-0.2, -0.15) is 36.4 Å². The summed E-state index contributed by atoms with van der Waals surface area (Å²) in [5, 5.41) is 14.4. The minimum atomic E-state index is -4.99. The Morgan fingerprint density at radius 3 is 2.14 bits per heavy atom. The molecule has 49 heavy (non-hydrogen) atoms. The summed E-state index contributed by atoms with van der Waals surface area (Å²) in [6.45, 7) is 3.07. The Balaban J connectivity index is 1.37. The van der Waals surface area contributed by atoms with Crippen LogP contribution < -0.4 is 14.7 Å². The minimum absolute atomic E-state index is 0.120. The van der Waals surface area contributed by atoms with Crippen LogP contribution >= 0.6 is 11.6 Å². The van der Waals surface area contributed by atoms with Gasteiger partial charge in [0.2, 0.25) is 11.9 Å². The molecule has 0 saturated carbocycles. The van der Waals surface area contributed by atoms with Crippen molar-refractivity contribution in [3.05, 3.63) is 70.9 Å². The zero-order valence-electron chi connectivity index (χ0n) is 26.6. The molecule has 0 aliphatic carbocycles. The molecule has 0 bridgehead atoms. The highest BCUT2D eigenvalue weighted by Gasteiger charge is 2.40. The highest BCUT2D eigenvalue weighted by molar-refractivity contribution is 6.32. The van der Waals surface area contributed by atoms with E-state index in [0.717, 1.165) is 17.7 Å². The molecule has 17 heteroatoms. The fourth-order valence-electron chi connectivity index (χ4n) is 6.39. The summed E-state index contributed by atoms with van der Waals surface area (Å²) in [4.78, 5) is 23.9. The summed E-state index contributed by atoms with van der Waals surface area (Å²) < 4.78 is 84.4. The molecular weight excluding hydrogens is 676 g/mol. The van der Waals surface area contributed by atoms with E-state index < -0.39 is 29.5 Å². The van der Waals surface area contributed by atoms with Crippen molar-refractivity contribution in [3.8, 4) is 11.1 Å². The number of aryl methyl sites for hydroxylation is 1. The first-order valence-corrected chi connectivity index (χ1v) is 16.2. The number of rotatable bonds is 8. The number of nitrogens with zero attached hydrogens (tertiary/aromatic N) is 9. The van der Waals surface area contributed by atoms with Gasteiger partial charge in [-0.1, -0.05) is 18.5 Å². The van der Waals surface area contributed by atoms with Gasteiger partial charge in [-0.15, -0.1) is 0 Å². The van der Waals surface area contributed by atoms with Crippen molar-refractivity contribution in [1.82, 2.24) is 29.7 Å². The Kier molecular flexibility index (Phi) is 9.63. The van der Waals surface area contributed by atoms with E-state index in [9.17, 15) is 31.4 Å². The maximum absolute atomic E-state index is 13.8. The Hall–Kier alpha value is -4.18. The van der Waals surface area contributed by atoms with Crippen LogP contribution in [0.15, 0.2) is 49.2 Å². The molecule has 3 aromatic heterocycles. The molecule has 0 amide bonds. The number of hydrogen-bond donors (Lipinski definition) is 1. The number of aromatic nitrogens is 6. The smallest absolute Gasteiger partial charge is 0.393 e. The lowest BCUT2D eigenvalue weighted by Gasteiger charge is -2.32. The molecule has 0 spiro atoms. The topological polar surface area (TPSA) is 99.3 Å². The van der Waals surface area contributed by atoms with Gasteiger partial charge >= 0.3 is 12.4 Å². The van der Waals surface area contributed by atoms with Crippen molar-refractivity contribution in [3.63, 3.8) is 0 Å². The van der Waals surface area contributed by atoms with Gasteiger partial charge in [-0.3, -0.25) is 4.68 Å². The zero-order chi connectivity index (χ0) is 35.1. The maximum Gasteiger partial charge on any atom is 0.416 e. The Labute approximate surface area is 283 Å². The van der Waals surface area contributed by atoms with Crippen molar-refractivity contribution in [1.29, 1.82) is 0 Å². The average molecular weight is 710 g/mol. The van der Waals surface area contributed by atoms with Gasteiger partial charge in [0.05, 0.1) is 35.7 Å². The molecule has 1 unspecified atom stereocenters. The van der Waals surface area contributed by atoms with Gasteiger partial charge in [0, 0.05) is 69.0 Å². The predicted octanol–water partition coefficient (Wildman–Crippen LogP) is 6.38. The van der Waals surface area contributed by atoms with Crippen LogP contribution in [0, 0.1) is 0 Å². The van der Waals surface area contributed by atoms with Crippen LogP contribution in [-0.4, -0.2) is 72.6 Å². The van der Waals surface area contributed by atoms with Crippen molar-refractivity contribution in [2.75, 3.05) is 34.3 Å². The van der Waals surface area contributed by atoms with Crippen LogP contribution in [0.4, 0.5) is 44.1 Å². The fraction of sp³-hybridized carbons (Fsp3) is 0.469. The van der Waals surface area contributed by atoms with Crippen LogP contribution in [0.2, 0.25) is 5.02 Å².